The van der Waals surface area contributed by atoms with Gasteiger partial charge in [0.15, 0.2) is 0 Å². The molecule has 3 N–H and O–H groups in total. The Morgan fingerprint density at radius 2 is 1.06 bits per heavy atom. The summed E-state index contributed by atoms with van der Waals surface area (Å²) in [6.45, 7) is 3.35. The zero-order chi connectivity index (χ0) is 39.6. The Kier molecular flexibility index (Phi) is 39.4. The molecule has 0 heterocycles. The molecule has 0 aromatic heterocycles. The van der Waals surface area contributed by atoms with Crippen LogP contribution in [0, 0.1) is 0 Å². The van der Waals surface area contributed by atoms with Crippen molar-refractivity contribution in [2.45, 2.75) is 180 Å². The van der Waals surface area contributed by atoms with Crippen LogP contribution in [-0.4, -0.2) is 66.3 Å². The van der Waals surface area contributed by atoms with Gasteiger partial charge in [-0.3, -0.25) is 13.8 Å². The lowest BCUT2D eigenvalue weighted by atomic mass is 10.1. The van der Waals surface area contributed by atoms with E-state index in [4.69, 9.17) is 23.6 Å². The van der Waals surface area contributed by atoms with E-state index in [0.717, 1.165) is 77.0 Å². The second-order valence-electron chi connectivity index (χ2n) is 14.0. The maximum atomic E-state index is 12.6. The first kappa shape index (κ1) is 52.2. The lowest BCUT2D eigenvalue weighted by molar-refractivity contribution is -0.154. The molecule has 0 aliphatic rings. The minimum atomic E-state index is -4.52. The summed E-state index contributed by atoms with van der Waals surface area (Å²) in [4.78, 5) is 22.5. The summed E-state index contributed by atoms with van der Waals surface area (Å²) in [5.74, 6) is -0.392. The molecule has 9 nitrogen and oxygen atoms in total. The minimum Gasteiger partial charge on any atom is -0.457 e. The third-order valence-corrected chi connectivity index (χ3v) is 9.67. The van der Waals surface area contributed by atoms with E-state index in [9.17, 15) is 19.4 Å². The Bertz CT molecular complexity index is 1020. The van der Waals surface area contributed by atoms with Crippen LogP contribution in [-0.2, 0) is 27.9 Å². The maximum Gasteiger partial charge on any atom is 0.472 e. The molecule has 0 amide bonds. The molecule has 0 spiro atoms. The fraction of sp³-hybridized carbons (Fsp3) is 0.750. The van der Waals surface area contributed by atoms with Gasteiger partial charge in [-0.25, -0.2) is 4.57 Å². The van der Waals surface area contributed by atoms with Gasteiger partial charge < -0.3 is 24.6 Å². The Labute approximate surface area is 330 Å². The Balaban J connectivity index is 4.16. The molecule has 0 aromatic rings. The van der Waals surface area contributed by atoms with E-state index < -0.39 is 39.2 Å². The summed E-state index contributed by atoms with van der Waals surface area (Å²) < 4.78 is 33.3. The van der Waals surface area contributed by atoms with Gasteiger partial charge >= 0.3 is 13.8 Å². The summed E-state index contributed by atoms with van der Waals surface area (Å²) in [5, 5.41) is 18.3. The number of phosphoric acid groups is 1. The van der Waals surface area contributed by atoms with Gasteiger partial charge in [-0.05, 0) is 57.8 Å². The molecule has 0 radical (unpaired) electrons. The molecule has 0 fully saturated rings. The highest BCUT2D eigenvalue weighted by Crippen LogP contribution is 2.43. The fourth-order valence-corrected chi connectivity index (χ4v) is 6.29. The van der Waals surface area contributed by atoms with E-state index in [-0.39, 0.29) is 19.6 Å². The second-order valence-corrected chi connectivity index (χ2v) is 15.4. The first-order valence-corrected chi connectivity index (χ1v) is 22.8. The van der Waals surface area contributed by atoms with E-state index in [2.05, 4.69) is 74.6 Å². The van der Waals surface area contributed by atoms with Gasteiger partial charge in [-0.15, -0.1) is 0 Å². The summed E-state index contributed by atoms with van der Waals surface area (Å²) >= 11 is 0. The first-order chi connectivity index (χ1) is 26.3. The van der Waals surface area contributed by atoms with E-state index >= 15 is 0 Å². The third kappa shape index (κ3) is 39.8. The number of carbonyl (C=O) groups excluding carboxylic acids is 1. The van der Waals surface area contributed by atoms with Crippen LogP contribution in [0.15, 0.2) is 60.8 Å². The van der Waals surface area contributed by atoms with Crippen molar-refractivity contribution in [1.29, 1.82) is 0 Å². The monoisotopic (exact) mass is 783 g/mol. The van der Waals surface area contributed by atoms with Crippen molar-refractivity contribution in [3.8, 4) is 0 Å². The number of hydrogen-bond acceptors (Lipinski definition) is 8. The number of allylic oxidation sites excluding steroid dienone is 10. The molecular weight excluding hydrogens is 703 g/mol. The molecule has 3 atom stereocenters. The van der Waals surface area contributed by atoms with Crippen LogP contribution in [0.2, 0.25) is 0 Å². The number of unbranched alkanes of at least 4 members (excludes halogenated alkanes) is 16. The molecule has 0 aliphatic heterocycles. The Hall–Kier alpha value is -1.84. The summed E-state index contributed by atoms with van der Waals surface area (Å²) in [5.41, 5.74) is 0. The van der Waals surface area contributed by atoms with Crippen LogP contribution in [0.5, 0.6) is 0 Å². The van der Waals surface area contributed by atoms with Gasteiger partial charge in [-0.2, -0.15) is 0 Å². The Morgan fingerprint density at radius 3 is 1.59 bits per heavy atom. The van der Waals surface area contributed by atoms with E-state index in [1.807, 2.05) is 0 Å². The van der Waals surface area contributed by atoms with E-state index in [0.29, 0.717) is 6.61 Å². The molecule has 0 aliphatic carbocycles. The van der Waals surface area contributed by atoms with Crippen LogP contribution in [0.3, 0.4) is 0 Å². The van der Waals surface area contributed by atoms with Crippen LogP contribution in [0.1, 0.15) is 168 Å². The fourth-order valence-electron chi connectivity index (χ4n) is 5.50. The standard InChI is InChI=1S/C44H79O9P/c1-3-5-7-9-11-13-15-16-17-18-19-20-21-22-23-24-25-27-29-31-33-35-37-50-40-43(41-52-54(48,49)51-39-42(46)38-45)53-44(47)36-34-32-30-28-26-14-12-10-8-6-4-2/h5,7,11,13,16-17,19-20,22-23,42-43,45-46H,3-4,6,8-10,12,14-15,18,21,24-41H2,1-2H3,(H,48,49)/b7-5-,13-11-,17-16-,20-19-,23-22-. The number of aliphatic hydroxyl groups excluding tert-OH is 2. The zero-order valence-electron chi connectivity index (χ0n) is 34.2. The van der Waals surface area contributed by atoms with Crippen molar-refractivity contribution in [1.82, 2.24) is 0 Å². The van der Waals surface area contributed by atoms with E-state index in [1.165, 1.54) is 70.6 Å². The van der Waals surface area contributed by atoms with Crippen LogP contribution < -0.4 is 0 Å². The number of hydrogen-bond donors (Lipinski definition) is 3. The SMILES string of the molecule is CC/C=C\C/C=C\C/C=C\C/C=C\C/C=C\CCCCCCCCOCC(COP(=O)(O)OCC(O)CO)OC(=O)CCCCCCCCCCCCC. The van der Waals surface area contributed by atoms with Gasteiger partial charge in [0.1, 0.15) is 12.2 Å². The normalized spacial score (nSPS) is 14.7. The second kappa shape index (κ2) is 40.8. The highest BCUT2D eigenvalue weighted by Gasteiger charge is 2.26. The molecule has 0 saturated carbocycles. The van der Waals surface area contributed by atoms with Crippen molar-refractivity contribution in [2.24, 2.45) is 0 Å². The van der Waals surface area contributed by atoms with Gasteiger partial charge in [0, 0.05) is 13.0 Å². The molecule has 54 heavy (non-hydrogen) atoms. The lowest BCUT2D eigenvalue weighted by Gasteiger charge is -2.20. The maximum absolute atomic E-state index is 12.6. The molecule has 0 rings (SSSR count). The number of carbonyl (C=O) groups is 1. The summed E-state index contributed by atoms with van der Waals surface area (Å²) in [7, 11) is -4.52. The number of esters is 1. The molecule has 0 bridgehead atoms. The molecule has 10 heteroatoms. The topological polar surface area (TPSA) is 132 Å². The van der Waals surface area contributed by atoms with Crippen LogP contribution in [0.25, 0.3) is 0 Å². The van der Waals surface area contributed by atoms with Gasteiger partial charge in [0.05, 0.1) is 26.4 Å². The smallest absolute Gasteiger partial charge is 0.457 e. The molecule has 314 valence electrons. The molecule has 0 aromatic carbocycles. The predicted octanol–water partition coefficient (Wildman–Crippen LogP) is 11.6. The predicted molar refractivity (Wildman–Crippen MR) is 223 cm³/mol. The van der Waals surface area contributed by atoms with Crippen molar-refractivity contribution >= 4 is 13.8 Å². The molecule has 0 saturated heterocycles. The minimum absolute atomic E-state index is 0.0382. The zero-order valence-corrected chi connectivity index (χ0v) is 35.1. The Morgan fingerprint density at radius 1 is 0.593 bits per heavy atom. The average molecular weight is 783 g/mol. The van der Waals surface area contributed by atoms with Gasteiger partial charge in [0.2, 0.25) is 0 Å². The first-order valence-electron chi connectivity index (χ1n) is 21.3. The van der Waals surface area contributed by atoms with Gasteiger partial charge in [-0.1, -0.05) is 164 Å². The van der Waals surface area contributed by atoms with Gasteiger partial charge in [0.25, 0.3) is 0 Å². The third-order valence-electron chi connectivity index (χ3n) is 8.72. The summed E-state index contributed by atoms with van der Waals surface area (Å²) in [6.07, 6.45) is 46.1. The van der Waals surface area contributed by atoms with Crippen molar-refractivity contribution < 1.29 is 43.0 Å². The van der Waals surface area contributed by atoms with Crippen molar-refractivity contribution in [2.75, 3.05) is 33.0 Å². The largest absolute Gasteiger partial charge is 0.472 e. The molecular formula is C44H79O9P. The number of aliphatic hydroxyl groups is 2. The lowest BCUT2D eigenvalue weighted by Crippen LogP contribution is -2.29. The van der Waals surface area contributed by atoms with E-state index in [1.54, 1.807) is 0 Å². The highest BCUT2D eigenvalue weighted by molar-refractivity contribution is 7.47. The quantitative estimate of drug-likeness (QED) is 0.0240. The number of phosphoric ester groups is 1. The average Bonchev–Trinajstić information content (AvgIpc) is 3.16. The highest BCUT2D eigenvalue weighted by atomic mass is 31.2. The van der Waals surface area contributed by atoms with Crippen LogP contribution in [0.4, 0.5) is 0 Å². The van der Waals surface area contributed by atoms with Crippen molar-refractivity contribution in [3.05, 3.63) is 60.8 Å². The van der Waals surface area contributed by atoms with Crippen LogP contribution >= 0.6 is 7.82 Å². The van der Waals surface area contributed by atoms with Crippen molar-refractivity contribution in [3.63, 3.8) is 0 Å². The number of rotatable bonds is 40. The number of ether oxygens (including phenoxy) is 2. The summed E-state index contributed by atoms with van der Waals surface area (Å²) in [6, 6.07) is 0. The molecule has 3 unspecified atom stereocenters.